The number of carbonyl (C=O) groups excluding carboxylic acids is 4. The topological polar surface area (TPSA) is 180 Å². The van der Waals surface area contributed by atoms with E-state index < -0.39 is 53.8 Å². The molecule has 1 fully saturated rings. The summed E-state index contributed by atoms with van der Waals surface area (Å²) >= 11 is 0. The Morgan fingerprint density at radius 2 is 1.53 bits per heavy atom. The zero-order chi connectivity index (χ0) is 31.7. The summed E-state index contributed by atoms with van der Waals surface area (Å²) in [6.45, 7) is -0.116. The molecule has 1 saturated heterocycles. The van der Waals surface area contributed by atoms with Crippen molar-refractivity contribution in [3.05, 3.63) is 66.2 Å². The first-order valence-corrected chi connectivity index (χ1v) is 13.6. The third-order valence-corrected chi connectivity index (χ3v) is 7.60. The second-order valence-electron chi connectivity index (χ2n) is 10.5. The molecular weight excluding hydrogens is 564 g/mol. The number of carbonyl (C=O) groups is 5. The predicted octanol–water partition coefficient (Wildman–Crippen LogP) is 0.235. The minimum absolute atomic E-state index is 0.0000498. The van der Waals surface area contributed by atoms with Crippen LogP contribution in [0.2, 0.25) is 0 Å². The Morgan fingerprint density at radius 1 is 0.953 bits per heavy atom. The number of methoxy groups -OCH3 is 2. The van der Waals surface area contributed by atoms with Crippen molar-refractivity contribution in [1.82, 2.24) is 0 Å². The van der Waals surface area contributed by atoms with Crippen LogP contribution in [-0.2, 0) is 44.7 Å². The Bertz CT molecular complexity index is 1290. The molecule has 0 bridgehead atoms. The molecule has 43 heavy (non-hydrogen) atoms. The predicted molar refractivity (Wildman–Crippen MR) is 148 cm³/mol. The number of nitrogens with zero attached hydrogens (tertiary/aromatic N) is 2. The number of likely N-dealkylation sites (tertiary alicyclic amines) is 1. The number of ether oxygens (including phenoxy) is 2. The Morgan fingerprint density at radius 3 is 2.05 bits per heavy atom. The molecular formula is C30H36N2O11. The number of esters is 1. The van der Waals surface area contributed by atoms with Crippen molar-refractivity contribution >= 4 is 35.5 Å². The smallest absolute Gasteiger partial charge is 0.369 e. The van der Waals surface area contributed by atoms with Crippen LogP contribution < -0.4 is 10.0 Å². The number of aliphatic carboxylic acids is 2. The molecule has 0 aliphatic carbocycles. The minimum Gasteiger partial charge on any atom is -0.547 e. The van der Waals surface area contributed by atoms with Gasteiger partial charge in [-0.05, 0) is 17.7 Å². The van der Waals surface area contributed by atoms with E-state index >= 15 is 0 Å². The van der Waals surface area contributed by atoms with Gasteiger partial charge < -0.3 is 29.6 Å². The second kappa shape index (κ2) is 14.2. The molecule has 0 radical (unpaired) electrons. The molecule has 0 aromatic heterocycles. The highest BCUT2D eigenvalue weighted by molar-refractivity contribution is 6.02. The number of carboxylic acids is 2. The number of hydroxylamine groups is 3. The Kier molecular flexibility index (Phi) is 11.0. The van der Waals surface area contributed by atoms with Crippen molar-refractivity contribution in [3.8, 4) is 0 Å². The molecule has 2 aromatic carbocycles. The molecule has 1 amide bonds. The molecule has 1 aliphatic rings. The molecule has 1 unspecified atom stereocenters. The molecule has 13 heteroatoms. The fourth-order valence-electron chi connectivity index (χ4n) is 5.40. The number of rotatable bonds is 14. The van der Waals surface area contributed by atoms with Crippen LogP contribution in [0.3, 0.4) is 0 Å². The Hall–Kier alpha value is -4.33. The molecule has 232 valence electrons. The van der Waals surface area contributed by atoms with Crippen molar-refractivity contribution in [3.63, 3.8) is 0 Å². The third kappa shape index (κ3) is 7.95. The molecule has 3 rings (SSSR count). The Labute approximate surface area is 248 Å². The average molecular weight is 601 g/mol. The summed E-state index contributed by atoms with van der Waals surface area (Å²) in [7, 11) is 2.57. The quantitative estimate of drug-likeness (QED) is 0.224. The summed E-state index contributed by atoms with van der Waals surface area (Å²) in [5.74, 6) is -6.10. The van der Waals surface area contributed by atoms with Crippen molar-refractivity contribution in [2.45, 2.75) is 43.2 Å². The van der Waals surface area contributed by atoms with Crippen LogP contribution in [0.15, 0.2) is 60.7 Å². The fraction of sp³-hybridized carbons (Fsp3) is 0.433. The van der Waals surface area contributed by atoms with Crippen LogP contribution in [0.25, 0.3) is 0 Å². The molecule has 0 spiro atoms. The van der Waals surface area contributed by atoms with E-state index in [2.05, 4.69) is 0 Å². The summed E-state index contributed by atoms with van der Waals surface area (Å²) in [5, 5.41) is 31.0. The summed E-state index contributed by atoms with van der Waals surface area (Å²) in [6, 6.07) is 17.8. The van der Waals surface area contributed by atoms with Gasteiger partial charge in [0, 0.05) is 32.1 Å². The van der Waals surface area contributed by atoms with Crippen LogP contribution >= 0.6 is 0 Å². The monoisotopic (exact) mass is 600 g/mol. The van der Waals surface area contributed by atoms with Crippen molar-refractivity contribution in [2.75, 3.05) is 45.4 Å². The maximum atomic E-state index is 13.5. The van der Waals surface area contributed by atoms with E-state index in [0.29, 0.717) is 12.1 Å². The maximum absolute atomic E-state index is 13.5. The highest BCUT2D eigenvalue weighted by Gasteiger charge is 2.56. The number of para-hydroxylation sites is 1. The van der Waals surface area contributed by atoms with E-state index in [9.17, 15) is 34.2 Å². The lowest BCUT2D eigenvalue weighted by Crippen LogP contribution is -2.68. The Balaban J connectivity index is 1.98. The van der Waals surface area contributed by atoms with Crippen LogP contribution in [-0.4, -0.2) is 96.2 Å². The van der Waals surface area contributed by atoms with E-state index in [4.69, 9.17) is 19.4 Å². The molecule has 1 heterocycles. The van der Waals surface area contributed by atoms with Gasteiger partial charge in [0.1, 0.15) is 31.8 Å². The molecule has 13 nitrogen and oxygen atoms in total. The summed E-state index contributed by atoms with van der Waals surface area (Å²) in [6.07, 6.45) is -2.06. The standard InChI is InChI=1S/C30H36N2O11/c1-41-21-24(33)31(23-11-7-4-8-12-23)29(28(39)42-2)14-17-32(18-15-29,16-13-22-9-5-3-6-10-22)43-26(36)20-30(40,27(37)38)19-25(34)35/h3-12,40H,13-21H2,1-2H3,(H-,34,35,37,38). The SMILES string of the molecule is COCC(=O)N(c1ccccc1)C1(C(=O)OC)CC[N+](CCc2ccccc2)(OC(=O)CC(O)(CC(=O)O)C(=O)[O-])CC1. The van der Waals surface area contributed by atoms with Crippen molar-refractivity contribution in [2.24, 2.45) is 0 Å². The largest absolute Gasteiger partial charge is 0.547 e. The average Bonchev–Trinajstić information content (AvgIpc) is 2.97. The number of hydrogen-bond donors (Lipinski definition) is 2. The van der Waals surface area contributed by atoms with Gasteiger partial charge in [0.05, 0.1) is 25.9 Å². The van der Waals surface area contributed by atoms with Gasteiger partial charge in [-0.2, -0.15) is 0 Å². The van der Waals surface area contributed by atoms with Crippen LogP contribution in [0.5, 0.6) is 0 Å². The number of carboxylic acid groups (broad SMARTS) is 2. The number of amides is 1. The van der Waals surface area contributed by atoms with Crippen LogP contribution in [0.1, 0.15) is 31.2 Å². The second-order valence-corrected chi connectivity index (χ2v) is 10.5. The van der Waals surface area contributed by atoms with E-state index in [0.717, 1.165) is 5.56 Å². The molecule has 1 atom stereocenters. The van der Waals surface area contributed by atoms with Gasteiger partial charge in [0.15, 0.2) is 5.54 Å². The maximum Gasteiger partial charge on any atom is 0.369 e. The number of piperidine rings is 1. The molecule has 1 aliphatic heterocycles. The van der Waals surface area contributed by atoms with Crippen molar-refractivity contribution < 1.29 is 58.2 Å². The van der Waals surface area contributed by atoms with Gasteiger partial charge in [-0.1, -0.05) is 48.5 Å². The third-order valence-electron chi connectivity index (χ3n) is 7.60. The lowest BCUT2D eigenvalue weighted by Gasteiger charge is -2.48. The molecule has 2 N–H and O–H groups in total. The number of hydrogen-bond acceptors (Lipinski definition) is 10. The lowest BCUT2D eigenvalue weighted by molar-refractivity contribution is -1.09. The highest BCUT2D eigenvalue weighted by Crippen LogP contribution is 2.38. The molecule has 0 saturated carbocycles. The van der Waals surface area contributed by atoms with Crippen molar-refractivity contribution in [1.29, 1.82) is 0 Å². The van der Waals surface area contributed by atoms with Crippen LogP contribution in [0, 0.1) is 0 Å². The number of benzene rings is 2. The van der Waals surface area contributed by atoms with Gasteiger partial charge in [0.2, 0.25) is 0 Å². The number of quaternary nitrogens is 1. The summed E-state index contributed by atoms with van der Waals surface area (Å²) in [4.78, 5) is 69.8. The zero-order valence-corrected chi connectivity index (χ0v) is 24.1. The summed E-state index contributed by atoms with van der Waals surface area (Å²) in [5.41, 5.74) is -3.14. The van der Waals surface area contributed by atoms with Gasteiger partial charge in [-0.3, -0.25) is 19.3 Å². The van der Waals surface area contributed by atoms with E-state index in [-0.39, 0.29) is 43.7 Å². The lowest BCUT2D eigenvalue weighted by atomic mass is 9.84. The summed E-state index contributed by atoms with van der Waals surface area (Å²) < 4.78 is 9.89. The first-order chi connectivity index (χ1) is 20.4. The molecule has 2 aromatic rings. The van der Waals surface area contributed by atoms with Gasteiger partial charge in [0.25, 0.3) is 5.91 Å². The van der Waals surface area contributed by atoms with Crippen LogP contribution in [0.4, 0.5) is 5.69 Å². The van der Waals surface area contributed by atoms with E-state index in [1.165, 1.54) is 19.1 Å². The van der Waals surface area contributed by atoms with Gasteiger partial charge >= 0.3 is 17.9 Å². The van der Waals surface area contributed by atoms with E-state index in [1.54, 1.807) is 30.3 Å². The minimum atomic E-state index is -2.99. The number of aliphatic hydroxyl groups is 1. The first-order valence-electron chi connectivity index (χ1n) is 13.6. The normalized spacial score (nSPS) is 21.2. The number of anilines is 1. The van der Waals surface area contributed by atoms with E-state index in [1.807, 2.05) is 30.3 Å². The van der Waals surface area contributed by atoms with Gasteiger partial charge in [-0.25, -0.2) is 9.59 Å². The first kappa shape index (κ1) is 33.2. The zero-order valence-electron chi connectivity index (χ0n) is 24.1. The fourth-order valence-corrected chi connectivity index (χ4v) is 5.40. The van der Waals surface area contributed by atoms with Gasteiger partial charge in [-0.15, -0.1) is 4.65 Å². The highest BCUT2D eigenvalue weighted by atomic mass is 16.7.